The van der Waals surface area contributed by atoms with Crippen LogP contribution < -0.4 is 31.0 Å². The lowest BCUT2D eigenvalue weighted by Gasteiger charge is -2.28. The lowest BCUT2D eigenvalue weighted by atomic mass is 10.1. The number of carbonyl (C=O) groups is 1. The van der Waals surface area contributed by atoms with E-state index in [1.807, 2.05) is 39.0 Å². The molecule has 1 amide bonds. The van der Waals surface area contributed by atoms with E-state index in [2.05, 4.69) is 40.1 Å². The van der Waals surface area contributed by atoms with Crippen molar-refractivity contribution in [3.8, 4) is 6.07 Å². The maximum atomic E-state index is 13.2. The lowest BCUT2D eigenvalue weighted by Crippen LogP contribution is -2.46. The molecule has 3 aromatic rings. The molecule has 0 spiro atoms. The van der Waals surface area contributed by atoms with E-state index >= 15 is 0 Å². The minimum Gasteiger partial charge on any atom is -0.422 e. The first kappa shape index (κ1) is 40.2. The first-order chi connectivity index (χ1) is 24.5. The summed E-state index contributed by atoms with van der Waals surface area (Å²) in [5.74, 6) is -0.429. The highest BCUT2D eigenvalue weighted by Gasteiger charge is 2.42. The second-order valence-corrected chi connectivity index (χ2v) is 14.8. The average molecular weight is 748 g/mol. The summed E-state index contributed by atoms with van der Waals surface area (Å²) in [4.78, 5) is 28.3. The van der Waals surface area contributed by atoms with Gasteiger partial charge >= 0.3 is 5.63 Å². The number of nitriles is 1. The van der Waals surface area contributed by atoms with Crippen LogP contribution in [0.5, 0.6) is 0 Å². The molecule has 1 saturated heterocycles. The molecule has 5 atom stereocenters. The van der Waals surface area contributed by atoms with Crippen molar-refractivity contribution in [1.82, 2.24) is 15.3 Å². The molecule has 51 heavy (non-hydrogen) atoms. The number of aliphatic hydroxyl groups excluding tert-OH is 1. The molecule has 17 heteroatoms. The summed E-state index contributed by atoms with van der Waals surface area (Å²) in [5.41, 5.74) is 1.67. The van der Waals surface area contributed by atoms with Gasteiger partial charge in [0.15, 0.2) is 6.20 Å². The molecule has 0 radical (unpaired) electrons. The molecule has 4 rings (SSSR count). The Balaban J connectivity index is 1.53. The largest absolute Gasteiger partial charge is 0.422 e. The third-order valence-electron chi connectivity index (χ3n) is 8.22. The number of hydrogen-bond donors (Lipinski definition) is 3. The summed E-state index contributed by atoms with van der Waals surface area (Å²) in [6.45, 7) is 9.95. The van der Waals surface area contributed by atoms with E-state index in [0.29, 0.717) is 16.8 Å². The minimum absolute atomic E-state index is 0.0326. The topological polar surface area (TPSA) is 170 Å². The average Bonchev–Trinajstić information content (AvgIpc) is 3.42. The molecule has 1 fully saturated rings. The Morgan fingerprint density at radius 2 is 2.00 bits per heavy atom. The van der Waals surface area contributed by atoms with Crippen LogP contribution in [0.3, 0.4) is 0 Å². The van der Waals surface area contributed by atoms with Crippen LogP contribution in [0, 0.1) is 11.3 Å². The SMILES string of the molecule is CCN(CC)c1ccc2cc(/C=C/c3ccc([PH](=O)OCNC(O)CF)c[n+]3CC(=O)NCOP3OC(CC#N)C(C)N3C(C)C)c(=O)oc2c1. The van der Waals surface area contributed by atoms with Gasteiger partial charge < -0.3 is 33.3 Å². The third kappa shape index (κ3) is 10.7. The zero-order valence-corrected chi connectivity index (χ0v) is 31.3. The molecule has 1 aliphatic rings. The number of alkyl halides is 1. The Kier molecular flexibility index (Phi) is 15.2. The van der Waals surface area contributed by atoms with Gasteiger partial charge in [-0.3, -0.25) is 14.7 Å². The fourth-order valence-electron chi connectivity index (χ4n) is 5.51. The van der Waals surface area contributed by atoms with Gasteiger partial charge in [-0.2, -0.15) is 9.83 Å². The number of amides is 1. The van der Waals surface area contributed by atoms with Gasteiger partial charge in [0.1, 0.15) is 31.9 Å². The number of anilines is 1. The Bertz CT molecular complexity index is 1800. The number of halogens is 1. The highest BCUT2D eigenvalue weighted by molar-refractivity contribution is 7.48. The van der Waals surface area contributed by atoms with E-state index in [9.17, 15) is 28.9 Å². The second kappa shape index (κ2) is 19.3. The van der Waals surface area contributed by atoms with E-state index < -0.39 is 41.0 Å². The Labute approximate surface area is 298 Å². The van der Waals surface area contributed by atoms with E-state index in [-0.39, 0.29) is 49.9 Å². The maximum Gasteiger partial charge on any atom is 0.343 e. The van der Waals surface area contributed by atoms with E-state index in [1.165, 1.54) is 6.20 Å². The van der Waals surface area contributed by atoms with Gasteiger partial charge in [-0.05, 0) is 65.0 Å². The number of pyridine rings is 1. The van der Waals surface area contributed by atoms with E-state index in [1.54, 1.807) is 34.9 Å². The molecule has 0 saturated carbocycles. The van der Waals surface area contributed by atoms with Gasteiger partial charge in [-0.15, -0.1) is 0 Å². The van der Waals surface area contributed by atoms with Crippen molar-refractivity contribution in [3.05, 3.63) is 64.3 Å². The molecular weight excluding hydrogens is 701 g/mol. The molecular formula is C34H46FN6O8P2+. The number of rotatable bonds is 18. The molecule has 0 aliphatic carbocycles. The van der Waals surface area contributed by atoms with Crippen LogP contribution in [0.2, 0.25) is 0 Å². The normalized spacial score (nSPS) is 19.1. The molecule has 5 unspecified atom stereocenters. The predicted octanol–water partition coefficient (Wildman–Crippen LogP) is 3.78. The van der Waals surface area contributed by atoms with Crippen molar-refractivity contribution in [1.29, 1.82) is 5.26 Å². The predicted molar refractivity (Wildman–Crippen MR) is 194 cm³/mol. The fraction of sp³-hybridized carbons (Fsp3) is 0.471. The molecule has 1 aromatic carbocycles. The summed E-state index contributed by atoms with van der Waals surface area (Å²) in [5, 5.41) is 24.6. The summed E-state index contributed by atoms with van der Waals surface area (Å²) >= 11 is 0. The van der Waals surface area contributed by atoms with Crippen LogP contribution in [-0.4, -0.2) is 73.3 Å². The molecule has 276 valence electrons. The number of nitrogens with one attached hydrogen (secondary N) is 2. The number of aromatic nitrogens is 1. The van der Waals surface area contributed by atoms with Crippen LogP contribution in [0.15, 0.2) is 51.8 Å². The van der Waals surface area contributed by atoms with Gasteiger partial charge in [0.25, 0.3) is 14.4 Å². The van der Waals surface area contributed by atoms with Crippen molar-refractivity contribution < 1.29 is 41.4 Å². The zero-order chi connectivity index (χ0) is 37.1. The Hall–Kier alpha value is -3.57. The zero-order valence-electron chi connectivity index (χ0n) is 29.4. The quantitative estimate of drug-likeness (QED) is 0.0747. The van der Waals surface area contributed by atoms with Gasteiger partial charge in [0.2, 0.25) is 20.3 Å². The molecule has 14 nitrogen and oxygen atoms in total. The molecule has 2 aromatic heterocycles. The van der Waals surface area contributed by atoms with Gasteiger partial charge in [-0.25, -0.2) is 13.9 Å². The number of carbonyl (C=O) groups excluding carboxylic acids is 1. The van der Waals surface area contributed by atoms with Crippen molar-refractivity contribution in [2.75, 3.05) is 38.1 Å². The highest BCUT2D eigenvalue weighted by atomic mass is 31.2. The summed E-state index contributed by atoms with van der Waals surface area (Å²) < 4.78 is 51.9. The molecule has 3 heterocycles. The third-order valence-corrected chi connectivity index (χ3v) is 11.4. The number of aliphatic hydroxyl groups is 1. The molecule has 1 aliphatic heterocycles. The first-order valence-corrected chi connectivity index (χ1v) is 19.1. The monoisotopic (exact) mass is 747 g/mol. The van der Waals surface area contributed by atoms with Gasteiger partial charge in [0, 0.05) is 54.5 Å². The van der Waals surface area contributed by atoms with Crippen molar-refractivity contribution in [2.24, 2.45) is 0 Å². The van der Waals surface area contributed by atoms with E-state index in [4.69, 9.17) is 18.0 Å². The van der Waals surface area contributed by atoms with Crippen LogP contribution in [0.4, 0.5) is 10.1 Å². The molecule has 0 bridgehead atoms. The van der Waals surface area contributed by atoms with Crippen LogP contribution >= 0.6 is 16.6 Å². The van der Waals surface area contributed by atoms with Gasteiger partial charge in [-0.1, -0.05) is 0 Å². The van der Waals surface area contributed by atoms with Crippen LogP contribution in [0.25, 0.3) is 23.1 Å². The summed E-state index contributed by atoms with van der Waals surface area (Å²) in [6, 6.07) is 12.8. The first-order valence-electron chi connectivity index (χ1n) is 16.7. The minimum atomic E-state index is -2.87. The smallest absolute Gasteiger partial charge is 0.343 e. The van der Waals surface area contributed by atoms with Crippen molar-refractivity contribution in [3.63, 3.8) is 0 Å². The Morgan fingerprint density at radius 1 is 1.24 bits per heavy atom. The maximum absolute atomic E-state index is 13.2. The van der Waals surface area contributed by atoms with Crippen molar-refractivity contribution in [2.45, 2.75) is 72.0 Å². The number of nitrogens with zero attached hydrogens (tertiary/aromatic N) is 4. The fourth-order valence-corrected chi connectivity index (χ4v) is 8.15. The summed E-state index contributed by atoms with van der Waals surface area (Å²) in [6.07, 6.45) is 3.17. The molecule has 3 N–H and O–H groups in total. The second-order valence-electron chi connectivity index (χ2n) is 12.0. The summed E-state index contributed by atoms with van der Waals surface area (Å²) in [7, 11) is -4.38. The standard InChI is InChI=1S/C34H45FN6O8P2/c1-6-39(7-2)28-11-8-25-16-26(34(44)48-31(25)17-28)9-10-27-12-13-29(50(45)46-21-37-32(42)18-35)19-40(27)20-33(43)38-22-47-51-41(23(3)4)24(5)30(49-51)14-15-36/h8-13,16-17,19,23-24,30,32,37,42,50H,6-7,14,18,20-22H2,1-5H3/p+1. The van der Waals surface area contributed by atoms with Gasteiger partial charge in [0.05, 0.1) is 29.5 Å². The number of fused-ring (bicyclic) bond motifs is 1. The lowest BCUT2D eigenvalue weighted by molar-refractivity contribution is -0.685. The van der Waals surface area contributed by atoms with Crippen LogP contribution in [0.1, 0.15) is 52.3 Å². The van der Waals surface area contributed by atoms with E-state index in [0.717, 1.165) is 24.2 Å². The highest BCUT2D eigenvalue weighted by Crippen LogP contribution is 2.53. The van der Waals surface area contributed by atoms with Crippen LogP contribution in [-0.2, 0) is 29.5 Å². The Morgan fingerprint density at radius 3 is 2.69 bits per heavy atom. The number of hydrogen-bond acceptors (Lipinski definition) is 12. The number of benzene rings is 1. The van der Waals surface area contributed by atoms with Crippen molar-refractivity contribution >= 4 is 56.6 Å².